The zero-order valence-electron chi connectivity index (χ0n) is 15.7. The Morgan fingerprint density at radius 1 is 1.25 bits per heavy atom. The number of nitrogens with zero attached hydrogens (tertiary/aromatic N) is 2. The Bertz CT molecular complexity index is 890. The second-order valence-electron chi connectivity index (χ2n) is 7.57. The molecule has 1 amide bonds. The number of nitrogens with one attached hydrogen (secondary N) is 1. The van der Waals surface area contributed by atoms with E-state index in [0.29, 0.717) is 30.8 Å². The van der Waals surface area contributed by atoms with Crippen molar-refractivity contribution < 1.29 is 19.7 Å². The van der Waals surface area contributed by atoms with Crippen molar-refractivity contribution in [2.24, 2.45) is 5.92 Å². The number of H-pyrrole nitrogens is 1. The number of carbonyl (C=O) groups excluding carboxylic acids is 1. The third-order valence-electron chi connectivity index (χ3n) is 5.92. The van der Waals surface area contributed by atoms with Gasteiger partial charge in [0, 0.05) is 55.4 Å². The number of phenolic OH excluding ortho intramolecular Hbond substituents is 2. The summed E-state index contributed by atoms with van der Waals surface area (Å²) in [5.74, 6) is -0.0616. The number of ether oxygens (including phenoxy) is 1. The molecule has 150 valence electrons. The second kappa shape index (κ2) is 7.64. The Morgan fingerprint density at radius 2 is 2.00 bits per heavy atom. The predicted molar refractivity (Wildman–Crippen MR) is 104 cm³/mol. The van der Waals surface area contributed by atoms with Gasteiger partial charge < -0.3 is 19.8 Å². The van der Waals surface area contributed by atoms with Crippen molar-refractivity contribution in [3.8, 4) is 22.8 Å². The van der Waals surface area contributed by atoms with E-state index in [2.05, 4.69) is 10.2 Å². The van der Waals surface area contributed by atoms with Crippen molar-refractivity contribution in [3.63, 3.8) is 0 Å². The maximum atomic E-state index is 13.0. The molecule has 0 atom stereocenters. The van der Waals surface area contributed by atoms with E-state index < -0.39 is 0 Å². The van der Waals surface area contributed by atoms with Gasteiger partial charge in [-0.3, -0.25) is 9.89 Å². The number of benzene rings is 1. The maximum Gasteiger partial charge on any atom is 0.225 e. The average molecular weight is 406 g/mol. The Morgan fingerprint density at radius 3 is 2.71 bits per heavy atom. The van der Waals surface area contributed by atoms with E-state index in [1.165, 1.54) is 12.1 Å². The van der Waals surface area contributed by atoms with Crippen LogP contribution in [-0.4, -0.2) is 51.0 Å². The van der Waals surface area contributed by atoms with Crippen LogP contribution in [0.5, 0.6) is 11.5 Å². The molecule has 8 heteroatoms. The molecule has 1 aromatic carbocycles. The Kier molecular flexibility index (Phi) is 5.21. The van der Waals surface area contributed by atoms with Crippen LogP contribution in [0, 0.1) is 5.92 Å². The standard InChI is InChI=1S/C20H24ClN3O4/c1-28-12-4-2-11(3-5-12)20(27)24-7-6-16-14(10-24)19(23-22-16)13-8-15(21)18(26)9-17(13)25/h8-9,11-12,25-26H,2-7,10H2,1H3,(H,22,23). The largest absolute Gasteiger partial charge is 0.507 e. The smallest absolute Gasteiger partial charge is 0.225 e. The monoisotopic (exact) mass is 405 g/mol. The van der Waals surface area contributed by atoms with Crippen LogP contribution in [0.3, 0.4) is 0 Å². The molecule has 1 aliphatic heterocycles. The first-order chi connectivity index (χ1) is 13.5. The summed E-state index contributed by atoms with van der Waals surface area (Å²) in [4.78, 5) is 14.9. The molecule has 2 aromatic rings. The van der Waals surface area contributed by atoms with Crippen LogP contribution >= 0.6 is 11.6 Å². The highest BCUT2D eigenvalue weighted by Gasteiger charge is 2.33. The van der Waals surface area contributed by atoms with Gasteiger partial charge in [0.25, 0.3) is 0 Å². The Labute approximate surface area is 168 Å². The SMILES string of the molecule is COC1CCC(C(=O)N2CCc3[nH]nc(-c4cc(Cl)c(O)cc4O)c3C2)CC1. The zero-order chi connectivity index (χ0) is 19.8. The molecule has 2 heterocycles. The molecular formula is C20H24ClN3O4. The first-order valence-corrected chi connectivity index (χ1v) is 9.95. The number of amides is 1. The molecule has 2 aliphatic rings. The van der Waals surface area contributed by atoms with E-state index in [-0.39, 0.29) is 34.5 Å². The predicted octanol–water partition coefficient (Wildman–Crippen LogP) is 3.23. The highest BCUT2D eigenvalue weighted by Crippen LogP contribution is 2.39. The average Bonchev–Trinajstić information content (AvgIpc) is 3.13. The van der Waals surface area contributed by atoms with Crippen molar-refractivity contribution in [1.29, 1.82) is 0 Å². The van der Waals surface area contributed by atoms with Crippen LogP contribution in [0.15, 0.2) is 12.1 Å². The number of aromatic nitrogens is 2. The van der Waals surface area contributed by atoms with Gasteiger partial charge in [0.05, 0.1) is 11.1 Å². The zero-order valence-corrected chi connectivity index (χ0v) is 16.5. The molecule has 0 spiro atoms. The first-order valence-electron chi connectivity index (χ1n) is 9.57. The minimum atomic E-state index is -0.184. The van der Waals surface area contributed by atoms with E-state index in [9.17, 15) is 15.0 Å². The van der Waals surface area contributed by atoms with Crippen LogP contribution in [0.25, 0.3) is 11.3 Å². The lowest BCUT2D eigenvalue weighted by molar-refractivity contribution is -0.138. The molecule has 0 bridgehead atoms. The number of aromatic amines is 1. The van der Waals surface area contributed by atoms with Gasteiger partial charge in [-0.1, -0.05) is 11.6 Å². The molecular weight excluding hydrogens is 382 g/mol. The number of aromatic hydroxyl groups is 2. The van der Waals surface area contributed by atoms with Crippen molar-refractivity contribution in [2.45, 2.75) is 44.8 Å². The van der Waals surface area contributed by atoms with Crippen LogP contribution in [0.2, 0.25) is 5.02 Å². The van der Waals surface area contributed by atoms with E-state index >= 15 is 0 Å². The normalized spacial score (nSPS) is 22.1. The van der Waals surface area contributed by atoms with Crippen molar-refractivity contribution in [2.75, 3.05) is 13.7 Å². The highest BCUT2D eigenvalue weighted by molar-refractivity contribution is 6.32. The van der Waals surface area contributed by atoms with E-state index in [1.54, 1.807) is 7.11 Å². The number of phenols is 2. The van der Waals surface area contributed by atoms with Crippen LogP contribution in [-0.2, 0) is 22.5 Å². The number of rotatable bonds is 3. The van der Waals surface area contributed by atoms with E-state index in [1.807, 2.05) is 4.90 Å². The van der Waals surface area contributed by atoms with Crippen molar-refractivity contribution in [1.82, 2.24) is 15.1 Å². The van der Waals surface area contributed by atoms with Crippen LogP contribution < -0.4 is 0 Å². The van der Waals surface area contributed by atoms with E-state index in [4.69, 9.17) is 16.3 Å². The quantitative estimate of drug-likeness (QED) is 0.728. The van der Waals surface area contributed by atoms with Gasteiger partial charge in [0.2, 0.25) is 5.91 Å². The van der Waals surface area contributed by atoms with Gasteiger partial charge in [-0.05, 0) is 31.7 Å². The van der Waals surface area contributed by atoms with Gasteiger partial charge >= 0.3 is 0 Å². The fourth-order valence-electron chi connectivity index (χ4n) is 4.25. The summed E-state index contributed by atoms with van der Waals surface area (Å²) in [6.45, 7) is 1.10. The summed E-state index contributed by atoms with van der Waals surface area (Å²) in [5.41, 5.74) is 2.86. The molecule has 0 unspecified atom stereocenters. The summed E-state index contributed by atoms with van der Waals surface area (Å²) < 4.78 is 5.41. The van der Waals surface area contributed by atoms with Gasteiger partial charge in [0.1, 0.15) is 17.2 Å². The molecule has 1 saturated carbocycles. The molecule has 4 rings (SSSR count). The fraction of sp³-hybridized carbons (Fsp3) is 0.500. The summed E-state index contributed by atoms with van der Waals surface area (Å²) >= 11 is 6.02. The minimum Gasteiger partial charge on any atom is -0.507 e. The molecule has 0 radical (unpaired) electrons. The number of fused-ring (bicyclic) bond motifs is 1. The van der Waals surface area contributed by atoms with Crippen LogP contribution in [0.1, 0.15) is 36.9 Å². The molecule has 0 saturated heterocycles. The molecule has 1 aromatic heterocycles. The number of hydrogen-bond acceptors (Lipinski definition) is 5. The summed E-state index contributed by atoms with van der Waals surface area (Å²) in [6.07, 6.45) is 4.50. The lowest BCUT2D eigenvalue weighted by Gasteiger charge is -2.33. The summed E-state index contributed by atoms with van der Waals surface area (Å²) in [5, 5.41) is 27.4. The third-order valence-corrected chi connectivity index (χ3v) is 6.22. The molecule has 3 N–H and O–H groups in total. The second-order valence-corrected chi connectivity index (χ2v) is 7.98. The Balaban J connectivity index is 1.55. The summed E-state index contributed by atoms with van der Waals surface area (Å²) in [6, 6.07) is 2.70. The number of hydrogen-bond donors (Lipinski definition) is 3. The number of carbonyl (C=O) groups is 1. The molecule has 7 nitrogen and oxygen atoms in total. The lowest BCUT2D eigenvalue weighted by Crippen LogP contribution is -2.41. The van der Waals surface area contributed by atoms with E-state index in [0.717, 1.165) is 36.9 Å². The minimum absolute atomic E-state index is 0.0415. The number of methoxy groups -OCH3 is 1. The molecule has 1 fully saturated rings. The molecule has 1 aliphatic carbocycles. The topological polar surface area (TPSA) is 98.7 Å². The van der Waals surface area contributed by atoms with Gasteiger partial charge in [0.15, 0.2) is 0 Å². The van der Waals surface area contributed by atoms with Gasteiger partial charge in [-0.25, -0.2) is 0 Å². The fourth-order valence-corrected chi connectivity index (χ4v) is 4.41. The van der Waals surface area contributed by atoms with Crippen LogP contribution in [0.4, 0.5) is 0 Å². The first kappa shape index (κ1) is 19.1. The highest BCUT2D eigenvalue weighted by atomic mass is 35.5. The number of halogens is 1. The maximum absolute atomic E-state index is 13.0. The third kappa shape index (κ3) is 3.44. The van der Waals surface area contributed by atoms with Crippen molar-refractivity contribution in [3.05, 3.63) is 28.4 Å². The van der Waals surface area contributed by atoms with Gasteiger partial charge in [-0.2, -0.15) is 5.10 Å². The Hall–Kier alpha value is -2.25. The van der Waals surface area contributed by atoms with Crippen molar-refractivity contribution >= 4 is 17.5 Å². The molecule has 28 heavy (non-hydrogen) atoms. The van der Waals surface area contributed by atoms with Gasteiger partial charge in [-0.15, -0.1) is 0 Å². The summed E-state index contributed by atoms with van der Waals surface area (Å²) in [7, 11) is 1.73. The lowest BCUT2D eigenvalue weighted by atomic mass is 9.86.